The maximum atomic E-state index is 7.20. The third kappa shape index (κ3) is 5.69. The Labute approximate surface area is 165 Å². The van der Waals surface area contributed by atoms with Crippen molar-refractivity contribution in [2.24, 2.45) is 5.92 Å². The molecular formula is C24H44OSi. The molecule has 0 bridgehead atoms. The predicted octanol–water partition coefficient (Wildman–Crippen LogP) is 8.21. The zero-order valence-corrected chi connectivity index (χ0v) is 19.9. The summed E-state index contributed by atoms with van der Waals surface area (Å²) in [6, 6.07) is 0. The van der Waals surface area contributed by atoms with Crippen molar-refractivity contribution in [2.75, 3.05) is 0 Å². The molecule has 26 heavy (non-hydrogen) atoms. The second-order valence-corrected chi connectivity index (χ2v) is 14.8. The number of allylic oxidation sites excluding steroid dienone is 3. The highest BCUT2D eigenvalue weighted by Gasteiger charge is 2.47. The zero-order chi connectivity index (χ0) is 20.2. The summed E-state index contributed by atoms with van der Waals surface area (Å²) in [5, 5.41) is 0.236. The third-order valence-corrected chi connectivity index (χ3v) is 11.3. The second-order valence-electron chi connectivity index (χ2n) is 10.1. The highest BCUT2D eigenvalue weighted by atomic mass is 28.4. The van der Waals surface area contributed by atoms with Gasteiger partial charge in [-0.25, -0.2) is 0 Å². The number of rotatable bonds is 9. The molecule has 0 aliphatic heterocycles. The van der Waals surface area contributed by atoms with E-state index < -0.39 is 8.32 Å². The summed E-state index contributed by atoms with van der Waals surface area (Å²) in [5.74, 6) is 0.671. The van der Waals surface area contributed by atoms with E-state index in [4.69, 9.17) is 4.43 Å². The van der Waals surface area contributed by atoms with Gasteiger partial charge in [0.1, 0.15) is 0 Å². The van der Waals surface area contributed by atoms with E-state index in [-0.39, 0.29) is 10.6 Å². The van der Waals surface area contributed by atoms with Gasteiger partial charge in [0.05, 0.1) is 5.60 Å². The largest absolute Gasteiger partial charge is 0.408 e. The summed E-state index contributed by atoms with van der Waals surface area (Å²) in [4.78, 5) is 0. The Balaban J connectivity index is 3.29. The van der Waals surface area contributed by atoms with E-state index in [1.807, 2.05) is 6.08 Å². The van der Waals surface area contributed by atoms with Crippen LogP contribution in [0.5, 0.6) is 0 Å². The highest BCUT2D eigenvalue weighted by molar-refractivity contribution is 6.74. The lowest BCUT2D eigenvalue weighted by molar-refractivity contribution is 0.0543. The van der Waals surface area contributed by atoms with Gasteiger partial charge in [0.25, 0.3) is 0 Å². The van der Waals surface area contributed by atoms with Gasteiger partial charge in [0, 0.05) is 0 Å². The summed E-state index contributed by atoms with van der Waals surface area (Å²) in [6.07, 6.45) is 10.1. The Bertz CT molecular complexity index is 535. The SMILES string of the molecule is C=CCCC[C@@]1(O[Si](C)(C)C(C)(C)C)CC[C@@H](C)C(CCC(=C)C)=C1C. The summed E-state index contributed by atoms with van der Waals surface area (Å²) >= 11 is 0. The van der Waals surface area contributed by atoms with Crippen molar-refractivity contribution in [1.82, 2.24) is 0 Å². The molecule has 0 amide bonds. The smallest absolute Gasteiger partial charge is 0.193 e. The second kappa shape index (κ2) is 9.06. The monoisotopic (exact) mass is 376 g/mol. The molecule has 1 aliphatic carbocycles. The van der Waals surface area contributed by atoms with Crippen LogP contribution in [-0.4, -0.2) is 13.9 Å². The van der Waals surface area contributed by atoms with Crippen molar-refractivity contribution in [1.29, 1.82) is 0 Å². The molecule has 0 aromatic heterocycles. The van der Waals surface area contributed by atoms with Crippen LogP contribution in [0.15, 0.2) is 36.0 Å². The number of unbranched alkanes of at least 4 members (excludes halogenated alkanes) is 1. The normalized spacial score (nSPS) is 24.7. The van der Waals surface area contributed by atoms with Gasteiger partial charge >= 0.3 is 0 Å². The Morgan fingerprint density at radius 3 is 2.46 bits per heavy atom. The lowest BCUT2D eigenvalue weighted by Crippen LogP contribution is -2.52. The minimum atomic E-state index is -1.84. The third-order valence-electron chi connectivity index (χ3n) is 6.81. The Morgan fingerprint density at radius 1 is 1.35 bits per heavy atom. The first-order valence-corrected chi connectivity index (χ1v) is 13.4. The van der Waals surface area contributed by atoms with Crippen LogP contribution in [0.4, 0.5) is 0 Å². The molecule has 0 heterocycles. The van der Waals surface area contributed by atoms with Crippen LogP contribution >= 0.6 is 0 Å². The Hall–Kier alpha value is -0.603. The van der Waals surface area contributed by atoms with Crippen molar-refractivity contribution in [3.8, 4) is 0 Å². The molecule has 1 aliphatic rings. The van der Waals surface area contributed by atoms with E-state index in [2.05, 4.69) is 67.8 Å². The van der Waals surface area contributed by atoms with Crippen LogP contribution < -0.4 is 0 Å². The number of hydrogen-bond acceptors (Lipinski definition) is 1. The number of hydrogen-bond donors (Lipinski definition) is 0. The molecule has 0 spiro atoms. The molecule has 0 fully saturated rings. The van der Waals surface area contributed by atoms with E-state index in [9.17, 15) is 0 Å². The van der Waals surface area contributed by atoms with E-state index >= 15 is 0 Å². The van der Waals surface area contributed by atoms with Crippen LogP contribution in [-0.2, 0) is 4.43 Å². The molecule has 2 heteroatoms. The van der Waals surface area contributed by atoms with Crippen LogP contribution in [0.2, 0.25) is 18.1 Å². The van der Waals surface area contributed by atoms with Crippen molar-refractivity contribution in [2.45, 2.75) is 110 Å². The van der Waals surface area contributed by atoms with Gasteiger partial charge in [0.2, 0.25) is 0 Å². The van der Waals surface area contributed by atoms with E-state index in [0.717, 1.165) is 32.1 Å². The van der Waals surface area contributed by atoms with Gasteiger partial charge in [-0.15, -0.1) is 13.2 Å². The maximum Gasteiger partial charge on any atom is 0.193 e. The predicted molar refractivity (Wildman–Crippen MR) is 120 cm³/mol. The summed E-state index contributed by atoms with van der Waals surface area (Å²) in [7, 11) is -1.84. The van der Waals surface area contributed by atoms with Crippen LogP contribution in [0.25, 0.3) is 0 Å². The van der Waals surface area contributed by atoms with Gasteiger partial charge in [-0.3, -0.25) is 0 Å². The van der Waals surface area contributed by atoms with Crippen LogP contribution in [0.3, 0.4) is 0 Å². The first kappa shape index (κ1) is 23.4. The molecule has 0 unspecified atom stereocenters. The quantitative estimate of drug-likeness (QED) is 0.224. The fraction of sp³-hybridized carbons (Fsp3) is 0.750. The summed E-state index contributed by atoms with van der Waals surface area (Å²) < 4.78 is 7.20. The molecule has 2 atom stereocenters. The van der Waals surface area contributed by atoms with E-state index in [1.165, 1.54) is 24.0 Å². The molecule has 1 nitrogen and oxygen atoms in total. The van der Waals surface area contributed by atoms with Gasteiger partial charge in [-0.2, -0.15) is 0 Å². The fourth-order valence-electron chi connectivity index (χ4n) is 3.92. The van der Waals surface area contributed by atoms with E-state index in [0.29, 0.717) is 5.92 Å². The average Bonchev–Trinajstić information content (AvgIpc) is 2.49. The van der Waals surface area contributed by atoms with Crippen LogP contribution in [0.1, 0.15) is 86.5 Å². The first-order chi connectivity index (χ1) is 11.9. The lowest BCUT2D eigenvalue weighted by Gasteiger charge is -2.50. The maximum absolute atomic E-state index is 7.20. The summed E-state index contributed by atoms with van der Waals surface area (Å²) in [5.41, 5.74) is 4.39. The molecule has 0 radical (unpaired) electrons. The van der Waals surface area contributed by atoms with Crippen LogP contribution in [0, 0.1) is 5.92 Å². The zero-order valence-electron chi connectivity index (χ0n) is 18.9. The van der Waals surface area contributed by atoms with E-state index in [1.54, 1.807) is 5.57 Å². The first-order valence-electron chi connectivity index (χ1n) is 10.5. The highest BCUT2D eigenvalue weighted by Crippen LogP contribution is 2.49. The van der Waals surface area contributed by atoms with Crippen molar-refractivity contribution >= 4 is 8.32 Å². The molecule has 0 aromatic carbocycles. The van der Waals surface area contributed by atoms with Gasteiger partial charge in [-0.05, 0) is 88.4 Å². The lowest BCUT2D eigenvalue weighted by atomic mass is 9.71. The Morgan fingerprint density at radius 2 is 1.96 bits per heavy atom. The molecule has 150 valence electrons. The van der Waals surface area contributed by atoms with Crippen molar-refractivity contribution < 1.29 is 4.43 Å². The molecule has 0 aromatic rings. The molecule has 0 saturated carbocycles. The van der Waals surface area contributed by atoms with Gasteiger partial charge in [0.15, 0.2) is 8.32 Å². The fourth-order valence-corrected chi connectivity index (χ4v) is 5.56. The van der Waals surface area contributed by atoms with Crippen molar-refractivity contribution in [3.63, 3.8) is 0 Å². The minimum absolute atomic E-state index is 0.0665. The standard InChI is InChI=1S/C24H44OSi/c1-11-12-13-17-24(25-26(9,10)23(6,7)8)18-16-20(4)22(21(24)5)15-14-19(2)3/h11,20H,1-2,12-18H2,3-10H3/t20-,24-/m1/s1. The summed E-state index contributed by atoms with van der Waals surface area (Å²) in [6.45, 7) is 26.8. The molecular weight excluding hydrogens is 332 g/mol. The Kier molecular flexibility index (Phi) is 8.17. The average molecular weight is 377 g/mol. The van der Waals surface area contributed by atoms with Gasteiger partial charge < -0.3 is 4.43 Å². The van der Waals surface area contributed by atoms with Gasteiger partial charge in [-0.1, -0.05) is 44.9 Å². The molecule has 1 rings (SSSR count). The topological polar surface area (TPSA) is 9.23 Å². The minimum Gasteiger partial charge on any atom is -0.408 e. The van der Waals surface area contributed by atoms with Crippen molar-refractivity contribution in [3.05, 3.63) is 36.0 Å². The molecule has 0 saturated heterocycles. The molecule has 0 N–H and O–H groups in total.